The Morgan fingerprint density at radius 1 is 1.20 bits per heavy atom. The molecule has 3 rings (SSSR count). The van der Waals surface area contributed by atoms with Gasteiger partial charge in [-0.1, -0.05) is 24.3 Å². The van der Waals surface area contributed by atoms with Gasteiger partial charge in [0, 0.05) is 44.5 Å². The van der Waals surface area contributed by atoms with E-state index in [9.17, 15) is 4.39 Å². The molecule has 2 aromatic rings. The number of nitrogens with one attached hydrogen (secondary N) is 2. The fraction of sp³-hybridized carbons (Fsp3) is 0.435. The SMILES string of the molecule is CCNC(=NCC1CCN(c2cccc(OC)c2)C1)NCCc1ccccc1F.I. The highest BCUT2D eigenvalue weighted by atomic mass is 127. The van der Waals surface area contributed by atoms with Gasteiger partial charge in [-0.15, -0.1) is 24.0 Å². The summed E-state index contributed by atoms with van der Waals surface area (Å²) < 4.78 is 19.1. The highest BCUT2D eigenvalue weighted by molar-refractivity contribution is 14.0. The summed E-state index contributed by atoms with van der Waals surface area (Å²) in [7, 11) is 1.70. The van der Waals surface area contributed by atoms with Gasteiger partial charge in [-0.25, -0.2) is 4.39 Å². The highest BCUT2D eigenvalue weighted by Gasteiger charge is 2.22. The fourth-order valence-electron chi connectivity index (χ4n) is 3.60. The molecule has 0 aromatic heterocycles. The van der Waals surface area contributed by atoms with Crippen LogP contribution in [0.25, 0.3) is 0 Å². The Morgan fingerprint density at radius 3 is 2.80 bits per heavy atom. The number of nitrogens with zero attached hydrogens (tertiary/aromatic N) is 2. The molecule has 1 aliphatic rings. The molecule has 2 aromatic carbocycles. The number of hydrogen-bond donors (Lipinski definition) is 2. The first-order chi connectivity index (χ1) is 14.2. The molecule has 1 atom stereocenters. The monoisotopic (exact) mass is 526 g/mol. The van der Waals surface area contributed by atoms with Crippen LogP contribution in [0.5, 0.6) is 5.75 Å². The number of rotatable bonds is 8. The minimum atomic E-state index is -0.153. The van der Waals surface area contributed by atoms with Crippen LogP contribution in [-0.2, 0) is 6.42 Å². The first-order valence-electron chi connectivity index (χ1n) is 10.3. The van der Waals surface area contributed by atoms with Crippen LogP contribution in [0.1, 0.15) is 18.9 Å². The van der Waals surface area contributed by atoms with Gasteiger partial charge in [0.05, 0.1) is 7.11 Å². The number of methoxy groups -OCH3 is 1. The zero-order valence-electron chi connectivity index (χ0n) is 17.7. The molecule has 164 valence electrons. The molecule has 0 spiro atoms. The molecule has 2 N–H and O–H groups in total. The van der Waals surface area contributed by atoms with Gasteiger partial charge in [0.2, 0.25) is 0 Å². The van der Waals surface area contributed by atoms with Gasteiger partial charge < -0.3 is 20.3 Å². The number of anilines is 1. The molecule has 0 amide bonds. The number of benzene rings is 2. The lowest BCUT2D eigenvalue weighted by Gasteiger charge is -2.19. The van der Waals surface area contributed by atoms with Crippen molar-refractivity contribution < 1.29 is 9.13 Å². The van der Waals surface area contributed by atoms with Crippen LogP contribution < -0.4 is 20.3 Å². The second kappa shape index (κ2) is 12.6. The summed E-state index contributed by atoms with van der Waals surface area (Å²) in [5.41, 5.74) is 1.92. The molecule has 30 heavy (non-hydrogen) atoms. The molecule has 1 fully saturated rings. The van der Waals surface area contributed by atoms with Gasteiger partial charge >= 0.3 is 0 Å². The van der Waals surface area contributed by atoms with E-state index >= 15 is 0 Å². The van der Waals surface area contributed by atoms with Gasteiger partial charge in [0.15, 0.2) is 5.96 Å². The molecule has 1 aliphatic heterocycles. The summed E-state index contributed by atoms with van der Waals surface area (Å²) in [6.07, 6.45) is 1.75. The molecule has 1 unspecified atom stereocenters. The summed E-state index contributed by atoms with van der Waals surface area (Å²) in [6, 6.07) is 15.1. The van der Waals surface area contributed by atoms with Crippen molar-refractivity contribution in [3.63, 3.8) is 0 Å². The van der Waals surface area contributed by atoms with E-state index in [1.807, 2.05) is 31.2 Å². The largest absolute Gasteiger partial charge is 0.497 e. The molecule has 7 heteroatoms. The van der Waals surface area contributed by atoms with E-state index in [1.54, 1.807) is 13.2 Å². The average molecular weight is 526 g/mol. The Kier molecular flexibility index (Phi) is 10.2. The van der Waals surface area contributed by atoms with E-state index in [1.165, 1.54) is 11.8 Å². The van der Waals surface area contributed by atoms with Gasteiger partial charge in [-0.2, -0.15) is 0 Å². The molecular weight excluding hydrogens is 494 g/mol. The van der Waals surface area contributed by atoms with Crippen molar-refractivity contribution in [2.24, 2.45) is 10.9 Å². The van der Waals surface area contributed by atoms with Crippen molar-refractivity contribution in [2.45, 2.75) is 19.8 Å². The minimum Gasteiger partial charge on any atom is -0.497 e. The lowest BCUT2D eigenvalue weighted by Crippen LogP contribution is -2.38. The second-order valence-corrected chi connectivity index (χ2v) is 7.29. The Balaban J connectivity index is 0.00000320. The van der Waals surface area contributed by atoms with Crippen LogP contribution in [0.4, 0.5) is 10.1 Å². The standard InChI is InChI=1S/C23H31FN4O.HI/c1-3-25-23(26-13-11-19-7-4-5-10-22(19)24)27-16-18-12-14-28(17-18)20-8-6-9-21(15-20)29-2;/h4-10,15,18H,3,11-14,16-17H2,1-2H3,(H2,25,26,27);1H. The molecule has 0 bridgehead atoms. The highest BCUT2D eigenvalue weighted by Crippen LogP contribution is 2.26. The summed E-state index contributed by atoms with van der Waals surface area (Å²) in [6.45, 7) is 6.29. The third kappa shape index (κ3) is 7.04. The third-order valence-electron chi connectivity index (χ3n) is 5.20. The van der Waals surface area contributed by atoms with Crippen LogP contribution in [0.15, 0.2) is 53.5 Å². The molecule has 1 heterocycles. The zero-order valence-corrected chi connectivity index (χ0v) is 20.1. The van der Waals surface area contributed by atoms with Crippen molar-refractivity contribution in [1.29, 1.82) is 0 Å². The molecule has 5 nitrogen and oxygen atoms in total. The summed E-state index contributed by atoms with van der Waals surface area (Å²) in [4.78, 5) is 7.15. The number of halogens is 2. The molecule has 0 saturated carbocycles. The maximum Gasteiger partial charge on any atom is 0.191 e. The van der Waals surface area contributed by atoms with E-state index in [4.69, 9.17) is 9.73 Å². The van der Waals surface area contributed by atoms with E-state index in [-0.39, 0.29) is 29.8 Å². The number of ether oxygens (including phenoxy) is 1. The Hall–Kier alpha value is -2.03. The van der Waals surface area contributed by atoms with Gasteiger partial charge in [0.25, 0.3) is 0 Å². The molecule has 0 radical (unpaired) electrons. The maximum absolute atomic E-state index is 13.8. The predicted molar refractivity (Wildman–Crippen MR) is 133 cm³/mol. The molecule has 0 aliphatic carbocycles. The molecular formula is C23H32FIN4O. The predicted octanol–water partition coefficient (Wildman–Crippen LogP) is 4.08. The summed E-state index contributed by atoms with van der Waals surface area (Å²) in [5, 5.41) is 6.60. The van der Waals surface area contributed by atoms with Gasteiger partial charge in [0.1, 0.15) is 11.6 Å². The molecule has 1 saturated heterocycles. The van der Waals surface area contributed by atoms with Gasteiger partial charge in [-0.05, 0) is 49.4 Å². The lowest BCUT2D eigenvalue weighted by molar-refractivity contribution is 0.415. The summed E-state index contributed by atoms with van der Waals surface area (Å²) >= 11 is 0. The zero-order chi connectivity index (χ0) is 20.5. The van der Waals surface area contributed by atoms with Crippen molar-refractivity contribution in [3.8, 4) is 5.75 Å². The maximum atomic E-state index is 13.8. The first kappa shape index (κ1) is 24.2. The smallest absolute Gasteiger partial charge is 0.191 e. The van der Waals surface area contributed by atoms with Crippen molar-refractivity contribution in [1.82, 2.24) is 10.6 Å². The Labute approximate surface area is 196 Å². The van der Waals surface area contributed by atoms with E-state index in [2.05, 4.69) is 27.7 Å². The van der Waals surface area contributed by atoms with Crippen LogP contribution in [-0.4, -0.2) is 45.8 Å². The number of hydrogen-bond acceptors (Lipinski definition) is 3. The van der Waals surface area contributed by atoms with Crippen LogP contribution >= 0.6 is 24.0 Å². The average Bonchev–Trinajstić information content (AvgIpc) is 3.22. The fourth-order valence-corrected chi connectivity index (χ4v) is 3.60. The van der Waals surface area contributed by atoms with E-state index in [0.717, 1.165) is 49.9 Å². The topological polar surface area (TPSA) is 48.9 Å². The Bertz CT molecular complexity index is 817. The van der Waals surface area contributed by atoms with Crippen molar-refractivity contribution in [2.75, 3.05) is 44.7 Å². The second-order valence-electron chi connectivity index (χ2n) is 7.29. The van der Waals surface area contributed by atoms with Crippen molar-refractivity contribution >= 4 is 35.6 Å². The van der Waals surface area contributed by atoms with Crippen LogP contribution in [0.2, 0.25) is 0 Å². The van der Waals surface area contributed by atoms with E-state index in [0.29, 0.717) is 18.9 Å². The summed E-state index contributed by atoms with van der Waals surface area (Å²) in [5.74, 6) is 2.05. The van der Waals surface area contributed by atoms with E-state index < -0.39 is 0 Å². The number of guanidine groups is 1. The lowest BCUT2D eigenvalue weighted by atomic mass is 10.1. The Morgan fingerprint density at radius 2 is 2.03 bits per heavy atom. The van der Waals surface area contributed by atoms with Crippen molar-refractivity contribution in [3.05, 3.63) is 59.9 Å². The third-order valence-corrected chi connectivity index (χ3v) is 5.20. The van der Waals surface area contributed by atoms with Crippen LogP contribution in [0, 0.1) is 11.7 Å². The van der Waals surface area contributed by atoms with Crippen LogP contribution in [0.3, 0.4) is 0 Å². The first-order valence-corrected chi connectivity index (χ1v) is 10.3. The van der Waals surface area contributed by atoms with Gasteiger partial charge in [-0.3, -0.25) is 4.99 Å². The quantitative estimate of drug-likeness (QED) is 0.310. The normalized spacial score (nSPS) is 16.2. The number of aliphatic imine (C=N–C) groups is 1. The minimum absolute atomic E-state index is 0.